The van der Waals surface area contributed by atoms with E-state index in [1.807, 2.05) is 55.5 Å². The summed E-state index contributed by atoms with van der Waals surface area (Å²) in [6.45, 7) is 2.27. The standard InChI is InChI=1S/C25H24N2O4/c1-2-30-23-12-10-22(11-13-23)27(15-5-14-26)24(28)18-31-25(29)17-19-8-9-20-6-3-4-7-21(20)16-19/h3-4,6-13,16H,2,5,15,17-18H2,1H3. The van der Waals surface area contributed by atoms with Gasteiger partial charge in [-0.3, -0.25) is 9.59 Å². The molecule has 0 bridgehead atoms. The predicted molar refractivity (Wildman–Crippen MR) is 119 cm³/mol. The first-order valence-electron chi connectivity index (χ1n) is 10.1. The molecule has 0 saturated heterocycles. The number of carbonyl (C=O) groups is 2. The molecule has 0 aliphatic carbocycles. The second-order valence-electron chi connectivity index (χ2n) is 6.90. The molecule has 0 radical (unpaired) electrons. The van der Waals surface area contributed by atoms with Crippen LogP contribution in [0, 0.1) is 11.3 Å². The van der Waals surface area contributed by atoms with Crippen LogP contribution in [-0.2, 0) is 20.7 Å². The van der Waals surface area contributed by atoms with Gasteiger partial charge in [-0.05, 0) is 47.5 Å². The van der Waals surface area contributed by atoms with Gasteiger partial charge < -0.3 is 14.4 Å². The molecule has 3 rings (SSSR count). The van der Waals surface area contributed by atoms with Crippen molar-refractivity contribution in [3.8, 4) is 11.8 Å². The van der Waals surface area contributed by atoms with Crippen molar-refractivity contribution < 1.29 is 19.1 Å². The van der Waals surface area contributed by atoms with Gasteiger partial charge >= 0.3 is 5.97 Å². The normalized spacial score (nSPS) is 10.3. The number of anilines is 1. The number of hydrogen-bond donors (Lipinski definition) is 0. The molecule has 3 aromatic rings. The van der Waals surface area contributed by atoms with Gasteiger partial charge in [0.1, 0.15) is 5.75 Å². The van der Waals surface area contributed by atoms with Gasteiger partial charge in [0, 0.05) is 12.2 Å². The first-order chi connectivity index (χ1) is 15.1. The van der Waals surface area contributed by atoms with E-state index in [0.29, 0.717) is 18.0 Å². The highest BCUT2D eigenvalue weighted by atomic mass is 16.5. The van der Waals surface area contributed by atoms with E-state index in [0.717, 1.165) is 16.3 Å². The molecular weight excluding hydrogens is 392 g/mol. The monoisotopic (exact) mass is 416 g/mol. The Kier molecular flexibility index (Phi) is 7.61. The van der Waals surface area contributed by atoms with Gasteiger partial charge in [0.15, 0.2) is 6.61 Å². The highest BCUT2D eigenvalue weighted by Gasteiger charge is 2.18. The van der Waals surface area contributed by atoms with Crippen LogP contribution in [0.4, 0.5) is 5.69 Å². The van der Waals surface area contributed by atoms with Crippen LogP contribution >= 0.6 is 0 Å². The van der Waals surface area contributed by atoms with Crippen molar-refractivity contribution in [1.82, 2.24) is 0 Å². The van der Waals surface area contributed by atoms with E-state index >= 15 is 0 Å². The van der Waals surface area contributed by atoms with Crippen LogP contribution < -0.4 is 9.64 Å². The second-order valence-corrected chi connectivity index (χ2v) is 6.90. The van der Waals surface area contributed by atoms with Crippen LogP contribution in [0.1, 0.15) is 18.9 Å². The lowest BCUT2D eigenvalue weighted by atomic mass is 10.1. The molecule has 0 aliphatic heterocycles. The Morgan fingerprint density at radius 1 is 1.00 bits per heavy atom. The van der Waals surface area contributed by atoms with E-state index in [9.17, 15) is 9.59 Å². The average molecular weight is 416 g/mol. The quantitative estimate of drug-likeness (QED) is 0.487. The zero-order valence-corrected chi connectivity index (χ0v) is 17.4. The lowest BCUT2D eigenvalue weighted by molar-refractivity contribution is -0.147. The minimum Gasteiger partial charge on any atom is -0.494 e. The van der Waals surface area contributed by atoms with Crippen LogP contribution in [0.25, 0.3) is 10.8 Å². The fourth-order valence-electron chi connectivity index (χ4n) is 3.24. The van der Waals surface area contributed by atoms with E-state index in [4.69, 9.17) is 14.7 Å². The van der Waals surface area contributed by atoms with Crippen molar-refractivity contribution in [3.05, 3.63) is 72.3 Å². The minimum absolute atomic E-state index is 0.0827. The average Bonchev–Trinajstić information content (AvgIpc) is 2.79. The summed E-state index contributed by atoms with van der Waals surface area (Å²) in [7, 11) is 0. The summed E-state index contributed by atoms with van der Waals surface area (Å²) in [6, 6.07) is 22.7. The van der Waals surface area contributed by atoms with Gasteiger partial charge in [0.05, 0.1) is 25.5 Å². The molecule has 158 valence electrons. The summed E-state index contributed by atoms with van der Waals surface area (Å²) in [5, 5.41) is 11.1. The number of rotatable bonds is 9. The highest BCUT2D eigenvalue weighted by Crippen LogP contribution is 2.20. The minimum atomic E-state index is -0.476. The molecule has 0 saturated carbocycles. The predicted octanol–water partition coefficient (Wildman–Crippen LogP) is 4.27. The van der Waals surface area contributed by atoms with E-state index in [1.54, 1.807) is 24.3 Å². The van der Waals surface area contributed by atoms with Crippen molar-refractivity contribution >= 4 is 28.3 Å². The summed E-state index contributed by atoms with van der Waals surface area (Å²) in [6.07, 6.45) is 0.253. The Bertz CT molecular complexity index is 1090. The smallest absolute Gasteiger partial charge is 0.310 e. The molecule has 31 heavy (non-hydrogen) atoms. The van der Waals surface area contributed by atoms with Gasteiger partial charge in [0.2, 0.25) is 0 Å². The number of nitrogens with zero attached hydrogens (tertiary/aromatic N) is 2. The Morgan fingerprint density at radius 2 is 1.74 bits per heavy atom. The first kappa shape index (κ1) is 21.8. The number of esters is 1. The number of fused-ring (bicyclic) bond motifs is 1. The van der Waals surface area contributed by atoms with Crippen molar-refractivity contribution in [2.45, 2.75) is 19.8 Å². The summed E-state index contributed by atoms with van der Waals surface area (Å²) in [4.78, 5) is 26.4. The van der Waals surface area contributed by atoms with Gasteiger partial charge in [-0.2, -0.15) is 5.26 Å². The molecule has 0 heterocycles. The van der Waals surface area contributed by atoms with Crippen molar-refractivity contribution in [1.29, 1.82) is 5.26 Å². The molecule has 6 heteroatoms. The molecule has 0 aliphatic rings. The molecular formula is C25H24N2O4. The maximum Gasteiger partial charge on any atom is 0.310 e. The second kappa shape index (κ2) is 10.8. The fraction of sp³-hybridized carbons (Fsp3) is 0.240. The summed E-state index contributed by atoms with van der Waals surface area (Å²) >= 11 is 0. The zero-order valence-electron chi connectivity index (χ0n) is 17.4. The Labute approximate surface area is 181 Å². The van der Waals surface area contributed by atoms with Crippen molar-refractivity contribution in [3.63, 3.8) is 0 Å². The molecule has 0 N–H and O–H groups in total. The number of amides is 1. The van der Waals surface area contributed by atoms with Crippen molar-refractivity contribution in [2.75, 3.05) is 24.7 Å². The summed E-state index contributed by atoms with van der Waals surface area (Å²) in [5.74, 6) is -0.164. The van der Waals surface area contributed by atoms with Gasteiger partial charge in [0.25, 0.3) is 5.91 Å². The van der Waals surface area contributed by atoms with E-state index in [1.165, 1.54) is 4.90 Å². The molecule has 0 spiro atoms. The third kappa shape index (κ3) is 6.06. The van der Waals surface area contributed by atoms with E-state index in [2.05, 4.69) is 0 Å². The van der Waals surface area contributed by atoms with Crippen LogP contribution in [0.3, 0.4) is 0 Å². The van der Waals surface area contributed by atoms with Crippen molar-refractivity contribution in [2.24, 2.45) is 0 Å². The number of nitriles is 1. The number of benzene rings is 3. The SMILES string of the molecule is CCOc1ccc(N(CCC#N)C(=O)COC(=O)Cc2ccc3ccccc3c2)cc1. The lowest BCUT2D eigenvalue weighted by Crippen LogP contribution is -2.35. The molecule has 0 atom stereocenters. The number of ether oxygens (including phenoxy) is 2. The first-order valence-corrected chi connectivity index (χ1v) is 10.1. The Morgan fingerprint density at radius 3 is 2.45 bits per heavy atom. The van der Waals surface area contributed by atoms with Crippen LogP contribution in [0.2, 0.25) is 0 Å². The maximum absolute atomic E-state index is 12.7. The van der Waals surface area contributed by atoms with Crippen LogP contribution in [0.5, 0.6) is 5.75 Å². The maximum atomic E-state index is 12.7. The largest absolute Gasteiger partial charge is 0.494 e. The summed E-state index contributed by atoms with van der Waals surface area (Å²) in [5.41, 5.74) is 1.44. The highest BCUT2D eigenvalue weighted by molar-refractivity contribution is 5.95. The fourth-order valence-corrected chi connectivity index (χ4v) is 3.24. The van der Waals surface area contributed by atoms with Gasteiger partial charge in [-0.1, -0.05) is 42.5 Å². The van der Waals surface area contributed by atoms with Crippen LogP contribution in [-0.4, -0.2) is 31.6 Å². The molecule has 6 nitrogen and oxygen atoms in total. The van der Waals surface area contributed by atoms with E-state index < -0.39 is 5.97 Å². The Hall–Kier alpha value is -3.85. The van der Waals surface area contributed by atoms with Crippen LogP contribution in [0.15, 0.2) is 66.7 Å². The third-order valence-corrected chi connectivity index (χ3v) is 4.73. The third-order valence-electron chi connectivity index (χ3n) is 4.73. The molecule has 0 fully saturated rings. The lowest BCUT2D eigenvalue weighted by Gasteiger charge is -2.22. The van der Waals surface area contributed by atoms with Gasteiger partial charge in [-0.25, -0.2) is 0 Å². The number of hydrogen-bond acceptors (Lipinski definition) is 5. The molecule has 1 amide bonds. The zero-order chi connectivity index (χ0) is 22.1. The molecule has 0 unspecified atom stereocenters. The molecule has 0 aromatic heterocycles. The summed E-state index contributed by atoms with van der Waals surface area (Å²) < 4.78 is 10.6. The molecule has 3 aromatic carbocycles. The topological polar surface area (TPSA) is 79.6 Å². The van der Waals surface area contributed by atoms with E-state index in [-0.39, 0.29) is 31.9 Å². The number of carbonyl (C=O) groups excluding carboxylic acids is 2. The Balaban J connectivity index is 1.61. The van der Waals surface area contributed by atoms with Gasteiger partial charge in [-0.15, -0.1) is 0 Å².